The van der Waals surface area contributed by atoms with Crippen LogP contribution in [0, 0.1) is 0 Å². The molecule has 0 fully saturated rings. The first kappa shape index (κ1) is 17.5. The fraction of sp³-hybridized carbons (Fsp3) is 0.0400. The predicted octanol–water partition coefficient (Wildman–Crippen LogP) is 4.17. The Bertz CT molecular complexity index is 780. The van der Waals surface area contributed by atoms with Crippen LogP contribution < -0.4 is 15.4 Å². The third-order valence-corrected chi connectivity index (χ3v) is 7.08. The molecule has 4 aromatic carbocycles. The average molecular weight is 365 g/mol. The topological polar surface area (TPSA) is 12.0 Å². The Labute approximate surface area is 163 Å². The molecule has 0 amide bonds. The van der Waals surface area contributed by atoms with Gasteiger partial charge in [0.15, 0.2) is 0 Å². The lowest BCUT2D eigenvalue weighted by Gasteiger charge is -2.26. The zero-order chi connectivity index (χ0) is 18.3. The van der Waals surface area contributed by atoms with E-state index >= 15 is 0 Å². The van der Waals surface area contributed by atoms with E-state index in [9.17, 15) is 0 Å². The van der Waals surface area contributed by atoms with E-state index in [0.29, 0.717) is 0 Å². The van der Waals surface area contributed by atoms with Gasteiger partial charge in [-0.05, 0) is 21.5 Å². The minimum Gasteiger partial charge on any atom is -0.321 e. The smallest absolute Gasteiger partial charge is 0.206 e. The van der Waals surface area contributed by atoms with Gasteiger partial charge in [0, 0.05) is 0 Å². The van der Waals surface area contributed by atoms with Crippen LogP contribution in [0.5, 0.6) is 0 Å². The van der Waals surface area contributed by atoms with Crippen LogP contribution in [0.25, 0.3) is 0 Å². The molecule has 0 aliphatic rings. The summed E-state index contributed by atoms with van der Waals surface area (Å²) in [6, 6.07) is 43.2. The maximum atomic E-state index is 4.02. The Kier molecular flexibility index (Phi) is 5.58. The zero-order valence-corrected chi connectivity index (χ0v) is 16.1. The first-order valence-electron chi connectivity index (χ1n) is 9.26. The van der Waals surface area contributed by atoms with Gasteiger partial charge in [-0.2, -0.15) is 0 Å². The summed E-state index contributed by atoms with van der Waals surface area (Å²) in [6.45, 7) is 0. The van der Waals surface area contributed by atoms with E-state index in [-0.39, 0.29) is 6.04 Å². The second-order valence-electron chi connectivity index (χ2n) is 6.51. The molecular weight excluding hydrogens is 342 g/mol. The van der Waals surface area contributed by atoms with Crippen molar-refractivity contribution in [2.24, 2.45) is 0 Å². The Morgan fingerprint density at radius 1 is 0.444 bits per heavy atom. The van der Waals surface area contributed by atoms with Crippen LogP contribution in [-0.4, -0.2) is 8.96 Å². The molecule has 131 valence electrons. The molecule has 1 radical (unpaired) electrons. The van der Waals surface area contributed by atoms with E-state index in [1.54, 1.807) is 0 Å². The maximum absolute atomic E-state index is 4.02. The number of nitrogens with one attached hydrogen (secondary N) is 1. The van der Waals surface area contributed by atoms with Crippen molar-refractivity contribution in [1.82, 2.24) is 4.98 Å². The fourth-order valence-corrected chi connectivity index (χ4v) is 5.68. The van der Waals surface area contributed by atoms with E-state index in [2.05, 4.69) is 126 Å². The number of rotatable bonds is 6. The molecule has 0 saturated carbocycles. The molecule has 0 heterocycles. The lowest BCUT2D eigenvalue weighted by molar-refractivity contribution is 0.781. The Balaban J connectivity index is 1.77. The van der Waals surface area contributed by atoms with E-state index in [1.807, 2.05) is 0 Å². The third-order valence-electron chi connectivity index (χ3n) is 4.68. The Morgan fingerprint density at radius 3 is 1.15 bits per heavy atom. The molecule has 0 aliphatic heterocycles. The van der Waals surface area contributed by atoms with E-state index in [0.717, 1.165) is 0 Å². The highest BCUT2D eigenvalue weighted by Gasteiger charge is 2.23. The SMILES string of the molecule is c1ccc(C(N[Si](c2ccccc2)c2ccccc2)c2ccccc2)cc1. The van der Waals surface area contributed by atoms with Crippen LogP contribution >= 0.6 is 0 Å². The first-order valence-corrected chi connectivity index (χ1v) is 10.8. The molecule has 0 aromatic heterocycles. The van der Waals surface area contributed by atoms with Gasteiger partial charge in [0.05, 0.1) is 6.04 Å². The van der Waals surface area contributed by atoms with Gasteiger partial charge in [-0.25, -0.2) is 0 Å². The Hall–Kier alpha value is -2.94. The van der Waals surface area contributed by atoms with Crippen molar-refractivity contribution >= 4 is 19.3 Å². The van der Waals surface area contributed by atoms with Gasteiger partial charge in [-0.15, -0.1) is 0 Å². The standard InChI is InChI=1S/C25H22NSi/c1-5-13-21(14-6-1)25(22-15-7-2-8-16-22)26-27(23-17-9-3-10-18-23)24-19-11-4-12-20-24/h1-20,25-26H. The lowest BCUT2D eigenvalue weighted by Crippen LogP contribution is -2.55. The molecule has 0 spiro atoms. The highest BCUT2D eigenvalue weighted by Crippen LogP contribution is 2.22. The molecule has 0 saturated heterocycles. The molecular formula is C25H22NSi. The minimum absolute atomic E-state index is 0.154. The molecule has 0 bridgehead atoms. The highest BCUT2D eigenvalue weighted by atomic mass is 28.3. The molecule has 4 rings (SSSR count). The summed E-state index contributed by atoms with van der Waals surface area (Å²) in [6.07, 6.45) is 0. The van der Waals surface area contributed by atoms with Gasteiger partial charge in [0.1, 0.15) is 0 Å². The minimum atomic E-state index is -1.14. The second-order valence-corrected chi connectivity index (χ2v) is 8.70. The summed E-state index contributed by atoms with van der Waals surface area (Å²) < 4.78 is 0. The molecule has 0 atom stereocenters. The third kappa shape index (κ3) is 4.25. The molecule has 27 heavy (non-hydrogen) atoms. The van der Waals surface area contributed by atoms with E-state index in [4.69, 9.17) is 0 Å². The van der Waals surface area contributed by atoms with Gasteiger partial charge in [0.25, 0.3) is 0 Å². The molecule has 0 unspecified atom stereocenters. The van der Waals surface area contributed by atoms with Crippen molar-refractivity contribution in [1.29, 1.82) is 0 Å². The van der Waals surface area contributed by atoms with Crippen molar-refractivity contribution in [3.05, 3.63) is 132 Å². The monoisotopic (exact) mass is 364 g/mol. The van der Waals surface area contributed by atoms with Crippen LogP contribution in [0.3, 0.4) is 0 Å². The van der Waals surface area contributed by atoms with Gasteiger partial charge >= 0.3 is 0 Å². The summed E-state index contributed by atoms with van der Waals surface area (Å²) in [5, 5.41) is 2.73. The van der Waals surface area contributed by atoms with Crippen LogP contribution in [0.15, 0.2) is 121 Å². The quantitative estimate of drug-likeness (QED) is 0.506. The van der Waals surface area contributed by atoms with Gasteiger partial charge < -0.3 is 4.98 Å². The summed E-state index contributed by atoms with van der Waals surface area (Å²) in [5.74, 6) is 0. The fourth-order valence-electron chi connectivity index (χ4n) is 3.34. The predicted molar refractivity (Wildman–Crippen MR) is 116 cm³/mol. The summed E-state index contributed by atoms with van der Waals surface area (Å²) in [5.41, 5.74) is 2.58. The van der Waals surface area contributed by atoms with Crippen molar-refractivity contribution in [2.75, 3.05) is 0 Å². The second kappa shape index (κ2) is 8.63. The van der Waals surface area contributed by atoms with Crippen molar-refractivity contribution in [3.63, 3.8) is 0 Å². The normalized spacial score (nSPS) is 11.0. The van der Waals surface area contributed by atoms with Crippen molar-refractivity contribution < 1.29 is 0 Å². The number of benzene rings is 4. The summed E-state index contributed by atoms with van der Waals surface area (Å²) in [7, 11) is -1.14. The number of hydrogen-bond acceptors (Lipinski definition) is 1. The van der Waals surface area contributed by atoms with Gasteiger partial charge in [-0.3, -0.25) is 0 Å². The summed E-state index contributed by atoms with van der Waals surface area (Å²) in [4.78, 5) is 4.02. The van der Waals surface area contributed by atoms with Crippen molar-refractivity contribution in [3.8, 4) is 0 Å². The molecule has 0 aliphatic carbocycles. The van der Waals surface area contributed by atoms with Crippen LogP contribution in [0.4, 0.5) is 0 Å². The molecule has 4 aromatic rings. The first-order chi connectivity index (χ1) is 13.4. The maximum Gasteiger partial charge on any atom is 0.206 e. The Morgan fingerprint density at radius 2 is 0.778 bits per heavy atom. The summed E-state index contributed by atoms with van der Waals surface area (Å²) >= 11 is 0. The highest BCUT2D eigenvalue weighted by molar-refractivity contribution is 6.83. The van der Waals surface area contributed by atoms with Gasteiger partial charge in [0.2, 0.25) is 8.96 Å². The molecule has 1 N–H and O–H groups in total. The van der Waals surface area contributed by atoms with Crippen molar-refractivity contribution in [2.45, 2.75) is 6.04 Å². The van der Waals surface area contributed by atoms with Crippen LogP contribution in [0.2, 0.25) is 0 Å². The van der Waals surface area contributed by atoms with E-state index in [1.165, 1.54) is 21.5 Å². The van der Waals surface area contributed by atoms with E-state index < -0.39 is 8.96 Å². The van der Waals surface area contributed by atoms with Gasteiger partial charge in [-0.1, -0.05) is 121 Å². The molecule has 2 heteroatoms. The average Bonchev–Trinajstić information content (AvgIpc) is 2.77. The van der Waals surface area contributed by atoms with Crippen LogP contribution in [-0.2, 0) is 0 Å². The molecule has 1 nitrogen and oxygen atoms in total. The lowest BCUT2D eigenvalue weighted by atomic mass is 10.00. The van der Waals surface area contributed by atoms with Crippen LogP contribution in [0.1, 0.15) is 17.2 Å². The zero-order valence-electron chi connectivity index (χ0n) is 15.1. The number of hydrogen-bond donors (Lipinski definition) is 1. The largest absolute Gasteiger partial charge is 0.321 e.